The Morgan fingerprint density at radius 1 is 0.432 bits per heavy atom. The molecular weight excluding hydrogens is 454 g/mol. The Morgan fingerprint density at radius 2 is 0.919 bits per heavy atom. The number of hydrogen-bond donors (Lipinski definition) is 0. The third kappa shape index (κ3) is 4.59. The Labute approximate surface area is 216 Å². The molecule has 0 aliphatic heterocycles. The van der Waals surface area contributed by atoms with Crippen molar-refractivity contribution in [3.8, 4) is 45.4 Å². The number of rotatable bonds is 5. The number of fused-ring (bicyclic) bond motifs is 1. The molecule has 0 atom stereocenters. The molecule has 0 spiro atoms. The summed E-state index contributed by atoms with van der Waals surface area (Å²) in [5, 5.41) is 0.919. The van der Waals surface area contributed by atoms with Gasteiger partial charge in [0.25, 0.3) is 0 Å². The van der Waals surface area contributed by atoms with Crippen LogP contribution in [0.5, 0.6) is 0 Å². The van der Waals surface area contributed by atoms with Crippen molar-refractivity contribution in [2.45, 2.75) is 19.8 Å². The van der Waals surface area contributed by atoms with Crippen molar-refractivity contribution in [2.75, 3.05) is 0 Å². The van der Waals surface area contributed by atoms with Crippen molar-refractivity contribution in [1.29, 1.82) is 0 Å². The standard InChI is InChI=1S/C32H25N5/c1-21(2)29-33-27-16-10-9-15-26(27)28(34-29)32-36-30(24-13-7-4-8-14-24)35-31(37-32)25-19-17-23(18-20-25)22-11-5-3-6-12-22/h3-21H,1-2H3. The molecule has 0 amide bonds. The van der Waals surface area contributed by atoms with E-state index in [0.717, 1.165) is 39.1 Å². The third-order valence-corrected chi connectivity index (χ3v) is 6.27. The van der Waals surface area contributed by atoms with Crippen LogP contribution in [0.15, 0.2) is 109 Å². The van der Waals surface area contributed by atoms with Crippen molar-refractivity contribution < 1.29 is 0 Å². The molecule has 0 unspecified atom stereocenters. The smallest absolute Gasteiger partial charge is 0.183 e. The SMILES string of the molecule is CC(C)c1nc(-c2nc(-c3ccccc3)nc(-c3ccc(-c4ccccc4)cc3)n2)c2ccccc2n1. The Kier molecular flexibility index (Phi) is 5.95. The van der Waals surface area contributed by atoms with Gasteiger partial charge in [-0.3, -0.25) is 0 Å². The van der Waals surface area contributed by atoms with Crippen LogP contribution in [0, 0.1) is 0 Å². The molecule has 6 rings (SSSR count). The van der Waals surface area contributed by atoms with E-state index in [-0.39, 0.29) is 5.92 Å². The van der Waals surface area contributed by atoms with Gasteiger partial charge in [-0.25, -0.2) is 24.9 Å². The van der Waals surface area contributed by atoms with Crippen LogP contribution in [0.3, 0.4) is 0 Å². The lowest BCUT2D eigenvalue weighted by Gasteiger charge is -2.12. The first-order chi connectivity index (χ1) is 18.2. The van der Waals surface area contributed by atoms with Crippen LogP contribution >= 0.6 is 0 Å². The van der Waals surface area contributed by atoms with Gasteiger partial charge in [0.05, 0.1) is 5.52 Å². The highest BCUT2D eigenvalue weighted by atomic mass is 15.1. The first kappa shape index (κ1) is 22.7. The van der Waals surface area contributed by atoms with E-state index >= 15 is 0 Å². The summed E-state index contributed by atoms with van der Waals surface area (Å²) in [7, 11) is 0. The lowest BCUT2D eigenvalue weighted by molar-refractivity contribution is 0.783. The highest BCUT2D eigenvalue weighted by Gasteiger charge is 2.18. The summed E-state index contributed by atoms with van der Waals surface area (Å²) in [6.45, 7) is 4.19. The predicted molar refractivity (Wildman–Crippen MR) is 149 cm³/mol. The van der Waals surface area contributed by atoms with Crippen LogP contribution in [0.1, 0.15) is 25.6 Å². The van der Waals surface area contributed by atoms with Crippen molar-refractivity contribution in [1.82, 2.24) is 24.9 Å². The van der Waals surface area contributed by atoms with Crippen LogP contribution in [0.25, 0.3) is 56.3 Å². The number of nitrogens with zero attached hydrogens (tertiary/aromatic N) is 5. The second kappa shape index (κ2) is 9.70. The molecule has 0 saturated heterocycles. The van der Waals surface area contributed by atoms with Gasteiger partial charge in [0, 0.05) is 22.4 Å². The van der Waals surface area contributed by atoms with Crippen LogP contribution in [-0.4, -0.2) is 24.9 Å². The van der Waals surface area contributed by atoms with Crippen LogP contribution in [0.4, 0.5) is 0 Å². The zero-order valence-electron chi connectivity index (χ0n) is 20.7. The van der Waals surface area contributed by atoms with Crippen molar-refractivity contribution >= 4 is 10.9 Å². The number of para-hydroxylation sites is 1. The summed E-state index contributed by atoms with van der Waals surface area (Å²) >= 11 is 0. The minimum Gasteiger partial charge on any atom is -0.233 e. The van der Waals surface area contributed by atoms with Crippen molar-refractivity contribution in [3.63, 3.8) is 0 Å². The molecule has 0 saturated carbocycles. The molecule has 4 aromatic carbocycles. The van der Waals surface area contributed by atoms with Crippen LogP contribution in [-0.2, 0) is 0 Å². The van der Waals surface area contributed by atoms with Crippen molar-refractivity contribution in [3.05, 3.63) is 115 Å². The molecule has 37 heavy (non-hydrogen) atoms. The second-order valence-corrected chi connectivity index (χ2v) is 9.22. The molecule has 0 aliphatic carbocycles. The number of hydrogen-bond acceptors (Lipinski definition) is 5. The van der Waals surface area contributed by atoms with Gasteiger partial charge in [0.2, 0.25) is 0 Å². The summed E-state index contributed by atoms with van der Waals surface area (Å²) < 4.78 is 0. The molecule has 2 heterocycles. The predicted octanol–water partition coefficient (Wildman–Crippen LogP) is 7.61. The fraction of sp³-hybridized carbons (Fsp3) is 0.0938. The Bertz CT molecular complexity index is 1680. The van der Waals surface area contributed by atoms with E-state index < -0.39 is 0 Å². The molecule has 6 aromatic rings. The average molecular weight is 480 g/mol. The summed E-state index contributed by atoms with van der Waals surface area (Å²) in [4.78, 5) is 24.4. The van der Waals surface area contributed by atoms with Gasteiger partial charge < -0.3 is 0 Å². The zero-order chi connectivity index (χ0) is 25.2. The molecule has 0 fully saturated rings. The fourth-order valence-corrected chi connectivity index (χ4v) is 4.29. The van der Waals surface area contributed by atoms with Gasteiger partial charge in [-0.05, 0) is 17.2 Å². The topological polar surface area (TPSA) is 64.5 Å². The Hall–Kier alpha value is -4.77. The molecule has 5 heteroatoms. The number of aromatic nitrogens is 5. The van der Waals surface area contributed by atoms with Crippen molar-refractivity contribution in [2.24, 2.45) is 0 Å². The molecule has 0 aliphatic rings. The largest absolute Gasteiger partial charge is 0.233 e. The quantitative estimate of drug-likeness (QED) is 0.255. The fourth-order valence-electron chi connectivity index (χ4n) is 4.29. The van der Waals surface area contributed by atoms with Gasteiger partial charge in [0.15, 0.2) is 17.5 Å². The minimum absolute atomic E-state index is 0.170. The van der Waals surface area contributed by atoms with E-state index in [1.807, 2.05) is 72.8 Å². The lowest BCUT2D eigenvalue weighted by Crippen LogP contribution is -2.05. The van der Waals surface area contributed by atoms with E-state index in [1.165, 1.54) is 5.56 Å². The Morgan fingerprint density at radius 3 is 1.57 bits per heavy atom. The molecule has 178 valence electrons. The van der Waals surface area contributed by atoms with E-state index in [0.29, 0.717) is 17.5 Å². The Balaban J connectivity index is 1.54. The second-order valence-electron chi connectivity index (χ2n) is 9.22. The highest BCUT2D eigenvalue weighted by Crippen LogP contribution is 2.30. The molecule has 0 N–H and O–H groups in total. The maximum absolute atomic E-state index is 4.94. The molecule has 0 radical (unpaired) electrons. The first-order valence-corrected chi connectivity index (χ1v) is 12.4. The van der Waals surface area contributed by atoms with Gasteiger partial charge in [-0.1, -0.05) is 117 Å². The van der Waals surface area contributed by atoms with Crippen LogP contribution < -0.4 is 0 Å². The summed E-state index contributed by atoms with van der Waals surface area (Å²) in [6, 6.07) is 36.7. The highest BCUT2D eigenvalue weighted by molar-refractivity contribution is 5.91. The van der Waals surface area contributed by atoms with Gasteiger partial charge in [0.1, 0.15) is 11.5 Å². The minimum atomic E-state index is 0.170. The van der Waals surface area contributed by atoms with E-state index in [1.54, 1.807) is 0 Å². The van der Waals surface area contributed by atoms with Gasteiger partial charge in [-0.2, -0.15) is 0 Å². The maximum atomic E-state index is 4.94. The van der Waals surface area contributed by atoms with E-state index in [4.69, 9.17) is 24.9 Å². The third-order valence-electron chi connectivity index (χ3n) is 6.27. The molecular formula is C32H25N5. The van der Waals surface area contributed by atoms with E-state index in [9.17, 15) is 0 Å². The molecule has 2 aromatic heterocycles. The normalized spacial score (nSPS) is 11.2. The van der Waals surface area contributed by atoms with Gasteiger partial charge >= 0.3 is 0 Å². The average Bonchev–Trinajstić information content (AvgIpc) is 2.97. The number of benzene rings is 4. The zero-order valence-corrected chi connectivity index (χ0v) is 20.7. The molecule has 5 nitrogen and oxygen atoms in total. The lowest BCUT2D eigenvalue weighted by atomic mass is 10.0. The van der Waals surface area contributed by atoms with E-state index in [2.05, 4.69) is 50.2 Å². The first-order valence-electron chi connectivity index (χ1n) is 12.4. The summed E-state index contributed by atoms with van der Waals surface area (Å²) in [6.07, 6.45) is 0. The van der Waals surface area contributed by atoms with Crippen LogP contribution in [0.2, 0.25) is 0 Å². The maximum Gasteiger partial charge on any atom is 0.183 e. The molecule has 0 bridgehead atoms. The summed E-state index contributed by atoms with van der Waals surface area (Å²) in [5.41, 5.74) is 5.76. The monoisotopic (exact) mass is 479 g/mol. The summed E-state index contributed by atoms with van der Waals surface area (Å²) in [5.74, 6) is 2.70. The van der Waals surface area contributed by atoms with Gasteiger partial charge in [-0.15, -0.1) is 0 Å².